The van der Waals surface area contributed by atoms with E-state index < -0.39 is 0 Å². The molecule has 1 N–H and O–H groups in total. The highest BCUT2D eigenvalue weighted by Crippen LogP contribution is 2.32. The molecule has 0 bridgehead atoms. The van der Waals surface area contributed by atoms with E-state index >= 15 is 0 Å². The Kier molecular flexibility index (Phi) is 4.54. The molecular weight excluding hydrogens is 322 g/mol. The molecule has 1 atom stereocenters. The van der Waals surface area contributed by atoms with Gasteiger partial charge in [-0.2, -0.15) is 5.26 Å². The topological polar surface area (TPSA) is 73.2 Å². The molecule has 0 fully saturated rings. The van der Waals surface area contributed by atoms with Gasteiger partial charge in [-0.1, -0.05) is 18.2 Å². The van der Waals surface area contributed by atoms with Crippen molar-refractivity contribution in [2.75, 3.05) is 16.8 Å². The minimum atomic E-state index is -0.377. The largest absolute Gasteiger partial charge is 0.323 e. The second kappa shape index (κ2) is 6.77. The van der Waals surface area contributed by atoms with Crippen LogP contribution in [0.1, 0.15) is 12.5 Å². The quantitative estimate of drug-likeness (QED) is 0.874. The molecule has 0 spiro atoms. The van der Waals surface area contributed by atoms with Crippen LogP contribution in [0.5, 0.6) is 0 Å². The zero-order chi connectivity index (χ0) is 17.1. The van der Waals surface area contributed by atoms with Gasteiger partial charge in [-0.3, -0.25) is 14.5 Å². The smallest absolute Gasteiger partial charge is 0.244 e. The summed E-state index contributed by atoms with van der Waals surface area (Å²) in [5.74, 6) is -0.338. The van der Waals surface area contributed by atoms with E-state index in [0.29, 0.717) is 16.9 Å². The van der Waals surface area contributed by atoms with Gasteiger partial charge >= 0.3 is 0 Å². The maximum atomic E-state index is 12.8. The fraction of sp³-hybridized carbons (Fsp3) is 0.167. The van der Waals surface area contributed by atoms with E-state index in [-0.39, 0.29) is 23.6 Å². The number of benzene rings is 2. The first kappa shape index (κ1) is 16.1. The van der Waals surface area contributed by atoms with Crippen LogP contribution in [0.25, 0.3) is 0 Å². The van der Waals surface area contributed by atoms with E-state index in [1.807, 2.05) is 24.3 Å². The average Bonchev–Trinajstić information content (AvgIpc) is 2.60. The number of rotatable bonds is 3. The van der Waals surface area contributed by atoms with Crippen molar-refractivity contribution in [1.82, 2.24) is 0 Å². The summed E-state index contributed by atoms with van der Waals surface area (Å²) >= 11 is 1.38. The van der Waals surface area contributed by atoms with Crippen molar-refractivity contribution >= 4 is 35.0 Å². The van der Waals surface area contributed by atoms with Crippen molar-refractivity contribution in [2.24, 2.45) is 0 Å². The number of carbonyl (C=O) groups excluding carboxylic acids is 2. The molecule has 2 aromatic rings. The van der Waals surface area contributed by atoms with Crippen molar-refractivity contribution < 1.29 is 9.59 Å². The predicted octanol–water partition coefficient (Wildman–Crippen LogP) is 3.02. The highest BCUT2D eigenvalue weighted by Gasteiger charge is 2.29. The minimum Gasteiger partial charge on any atom is -0.323 e. The maximum Gasteiger partial charge on any atom is 0.244 e. The number of para-hydroxylation sites is 2. The van der Waals surface area contributed by atoms with Crippen molar-refractivity contribution in [1.29, 1.82) is 5.26 Å². The number of carbonyl (C=O) groups is 2. The van der Waals surface area contributed by atoms with Gasteiger partial charge in [0.25, 0.3) is 0 Å². The van der Waals surface area contributed by atoms with Crippen molar-refractivity contribution in [3.05, 3.63) is 54.1 Å². The van der Waals surface area contributed by atoms with Crippen molar-refractivity contribution in [3.8, 4) is 6.07 Å². The Labute approximate surface area is 144 Å². The molecule has 1 aliphatic heterocycles. The van der Waals surface area contributed by atoms with E-state index in [1.165, 1.54) is 16.7 Å². The molecule has 0 aliphatic carbocycles. The number of amides is 2. The van der Waals surface area contributed by atoms with Crippen molar-refractivity contribution in [2.45, 2.75) is 17.1 Å². The van der Waals surface area contributed by atoms with Gasteiger partial charge in [0.05, 0.1) is 28.3 Å². The zero-order valence-electron chi connectivity index (χ0n) is 13.0. The van der Waals surface area contributed by atoms with Crippen LogP contribution in [-0.2, 0) is 9.59 Å². The molecule has 1 aliphatic rings. The van der Waals surface area contributed by atoms with Gasteiger partial charge in [0, 0.05) is 4.90 Å². The van der Waals surface area contributed by atoms with Gasteiger partial charge in [-0.15, -0.1) is 11.8 Å². The summed E-state index contributed by atoms with van der Waals surface area (Å²) in [5.41, 5.74) is 1.91. The molecule has 0 saturated heterocycles. The summed E-state index contributed by atoms with van der Waals surface area (Å²) in [7, 11) is 0. The van der Waals surface area contributed by atoms with E-state index in [0.717, 1.165) is 4.90 Å². The first-order valence-electron chi connectivity index (χ1n) is 7.45. The van der Waals surface area contributed by atoms with Crippen LogP contribution in [0.2, 0.25) is 0 Å². The second-order valence-electron chi connectivity index (χ2n) is 5.39. The summed E-state index contributed by atoms with van der Waals surface area (Å²) in [5, 5.41) is 11.4. The Hall–Kier alpha value is -2.78. The molecule has 1 heterocycles. The first-order chi connectivity index (χ1) is 11.6. The van der Waals surface area contributed by atoms with E-state index in [4.69, 9.17) is 5.26 Å². The molecule has 24 heavy (non-hydrogen) atoms. The lowest BCUT2D eigenvalue weighted by atomic mass is 10.2. The molecule has 2 amide bonds. The van der Waals surface area contributed by atoms with Gasteiger partial charge in [0.2, 0.25) is 11.8 Å². The Morgan fingerprint density at radius 2 is 2.08 bits per heavy atom. The van der Waals surface area contributed by atoms with Crippen LogP contribution in [0.3, 0.4) is 0 Å². The lowest BCUT2D eigenvalue weighted by Crippen LogP contribution is -2.45. The predicted molar refractivity (Wildman–Crippen MR) is 93.9 cm³/mol. The third kappa shape index (κ3) is 3.26. The third-order valence-electron chi connectivity index (χ3n) is 3.66. The van der Waals surface area contributed by atoms with E-state index in [2.05, 4.69) is 11.4 Å². The zero-order valence-corrected chi connectivity index (χ0v) is 13.8. The van der Waals surface area contributed by atoms with Crippen LogP contribution >= 0.6 is 11.8 Å². The number of thioether (sulfide) groups is 1. The number of nitrogens with one attached hydrogen (secondary N) is 1. The van der Waals surface area contributed by atoms with E-state index in [9.17, 15) is 9.59 Å². The van der Waals surface area contributed by atoms with Gasteiger partial charge in [0.15, 0.2) is 0 Å². The standard InChI is InChI=1S/C18H15N3O2S/c1-12(24-14-6-4-5-13(9-14)10-19)18(23)21-11-17(22)20-15-7-2-3-8-16(15)21/h2-9,12H,11H2,1H3,(H,20,22). The highest BCUT2D eigenvalue weighted by atomic mass is 32.2. The fourth-order valence-electron chi connectivity index (χ4n) is 2.54. The molecule has 120 valence electrons. The first-order valence-corrected chi connectivity index (χ1v) is 8.33. The van der Waals surface area contributed by atoms with Crippen LogP contribution in [0.15, 0.2) is 53.4 Å². The Morgan fingerprint density at radius 1 is 1.29 bits per heavy atom. The summed E-state index contributed by atoms with van der Waals surface area (Å²) < 4.78 is 0. The molecule has 5 nitrogen and oxygen atoms in total. The monoisotopic (exact) mass is 337 g/mol. The molecule has 0 saturated carbocycles. The minimum absolute atomic E-state index is 0.0129. The second-order valence-corrected chi connectivity index (χ2v) is 6.80. The van der Waals surface area contributed by atoms with Gasteiger partial charge in [-0.25, -0.2) is 0 Å². The summed E-state index contributed by atoms with van der Waals surface area (Å²) in [6.07, 6.45) is 0. The third-order valence-corrected chi connectivity index (χ3v) is 4.74. The average molecular weight is 337 g/mol. The summed E-state index contributed by atoms with van der Waals surface area (Å²) in [4.78, 5) is 27.0. The van der Waals surface area contributed by atoms with Gasteiger partial charge in [0.1, 0.15) is 6.54 Å². The lowest BCUT2D eigenvalue weighted by Gasteiger charge is -2.30. The van der Waals surface area contributed by atoms with Gasteiger partial charge < -0.3 is 5.32 Å². The fourth-order valence-corrected chi connectivity index (χ4v) is 3.53. The Morgan fingerprint density at radius 3 is 2.88 bits per heavy atom. The summed E-state index contributed by atoms with van der Waals surface area (Å²) in [6, 6.07) is 16.5. The van der Waals surface area contributed by atoms with Gasteiger partial charge in [-0.05, 0) is 37.3 Å². The number of nitriles is 1. The molecule has 0 aromatic heterocycles. The maximum absolute atomic E-state index is 12.8. The molecule has 1 unspecified atom stereocenters. The summed E-state index contributed by atoms with van der Waals surface area (Å²) in [6.45, 7) is 1.82. The van der Waals surface area contributed by atoms with Crippen molar-refractivity contribution in [3.63, 3.8) is 0 Å². The number of fused-ring (bicyclic) bond motifs is 1. The number of nitrogens with zero attached hydrogens (tertiary/aromatic N) is 2. The normalized spacial score (nSPS) is 14.3. The van der Waals surface area contributed by atoms with Crippen LogP contribution < -0.4 is 10.2 Å². The number of hydrogen-bond acceptors (Lipinski definition) is 4. The molecular formula is C18H15N3O2S. The highest BCUT2D eigenvalue weighted by molar-refractivity contribution is 8.00. The molecule has 0 radical (unpaired) electrons. The van der Waals surface area contributed by atoms with Crippen LogP contribution in [-0.4, -0.2) is 23.6 Å². The Bertz CT molecular complexity index is 844. The SMILES string of the molecule is CC(Sc1cccc(C#N)c1)C(=O)N1CC(=O)Nc2ccccc21. The Balaban J connectivity index is 1.81. The lowest BCUT2D eigenvalue weighted by molar-refractivity contribution is -0.121. The number of anilines is 2. The molecule has 6 heteroatoms. The van der Waals surface area contributed by atoms with E-state index in [1.54, 1.807) is 31.2 Å². The molecule has 2 aromatic carbocycles. The molecule has 3 rings (SSSR count). The van der Waals surface area contributed by atoms with Crippen LogP contribution in [0.4, 0.5) is 11.4 Å². The number of hydrogen-bond donors (Lipinski definition) is 1. The van der Waals surface area contributed by atoms with Crippen LogP contribution in [0, 0.1) is 11.3 Å².